The van der Waals surface area contributed by atoms with Crippen LogP contribution in [-0.4, -0.2) is 24.1 Å². The second kappa shape index (κ2) is 7.88. The number of hydrogen-bond acceptors (Lipinski definition) is 5. The van der Waals surface area contributed by atoms with Gasteiger partial charge in [0.25, 0.3) is 15.9 Å². The van der Waals surface area contributed by atoms with E-state index in [9.17, 15) is 26.4 Å². The molecule has 0 atom stereocenters. The summed E-state index contributed by atoms with van der Waals surface area (Å²) in [5.41, 5.74) is -0.215. The van der Waals surface area contributed by atoms with Gasteiger partial charge in [-0.15, -0.1) is 0 Å². The van der Waals surface area contributed by atoms with Crippen LogP contribution in [0.1, 0.15) is 32.7 Å². The molecule has 2 aromatic carbocycles. The maximum absolute atomic E-state index is 13.3. The van der Waals surface area contributed by atoms with Gasteiger partial charge in [-0.2, -0.15) is 23.5 Å². The number of amides is 1. The predicted molar refractivity (Wildman–Crippen MR) is 104 cm³/mol. The molecule has 11 heteroatoms. The number of aryl methyl sites for hydroxylation is 1. The SMILES string of the molecule is Cc1ccccc1-n1ncc(C(=O)NS(=O)(=O)c2ccc(C#N)cc2C(F)(F)F)c1C. The molecule has 1 aromatic heterocycles. The number of benzene rings is 2. The Hall–Kier alpha value is -3.65. The third-order valence-corrected chi connectivity index (χ3v) is 5.92. The highest BCUT2D eigenvalue weighted by atomic mass is 32.2. The van der Waals surface area contributed by atoms with Gasteiger partial charge in [0.05, 0.1) is 45.2 Å². The van der Waals surface area contributed by atoms with Gasteiger partial charge in [0.15, 0.2) is 0 Å². The fourth-order valence-electron chi connectivity index (χ4n) is 2.96. The Balaban J connectivity index is 1.98. The number of nitriles is 1. The molecule has 31 heavy (non-hydrogen) atoms. The van der Waals surface area contributed by atoms with E-state index in [-0.39, 0.29) is 11.1 Å². The number of nitrogens with one attached hydrogen (secondary N) is 1. The minimum atomic E-state index is -5.05. The standard InChI is InChI=1S/C20H15F3N4O3S/c1-12-5-3-4-6-17(12)27-13(2)15(11-25-27)19(28)26-31(29,30)18-8-7-14(10-24)9-16(18)20(21,22)23/h3-9,11H,1-2H3,(H,26,28). The minimum Gasteiger partial charge on any atom is -0.268 e. The van der Waals surface area contributed by atoms with Crippen LogP contribution in [0, 0.1) is 25.2 Å². The van der Waals surface area contributed by atoms with Crippen molar-refractivity contribution < 1.29 is 26.4 Å². The number of sulfonamides is 1. The predicted octanol–water partition coefficient (Wildman–Crippen LogP) is 3.50. The molecule has 160 valence electrons. The Morgan fingerprint density at radius 1 is 1.16 bits per heavy atom. The zero-order chi connectivity index (χ0) is 23.0. The van der Waals surface area contributed by atoms with Crippen molar-refractivity contribution in [3.8, 4) is 11.8 Å². The number of nitrogens with zero attached hydrogens (tertiary/aromatic N) is 3. The zero-order valence-corrected chi connectivity index (χ0v) is 17.0. The Bertz CT molecular complexity index is 1320. The lowest BCUT2D eigenvalue weighted by molar-refractivity contribution is -0.139. The summed E-state index contributed by atoms with van der Waals surface area (Å²) in [5.74, 6) is -1.13. The molecule has 0 radical (unpaired) electrons. The Morgan fingerprint density at radius 2 is 1.84 bits per heavy atom. The average molecular weight is 448 g/mol. The van der Waals surface area contributed by atoms with Gasteiger partial charge in [0, 0.05) is 0 Å². The highest BCUT2D eigenvalue weighted by Gasteiger charge is 2.38. The summed E-state index contributed by atoms with van der Waals surface area (Å²) in [6.07, 6.45) is -3.91. The molecule has 0 fully saturated rings. The van der Waals surface area contributed by atoms with Crippen LogP contribution < -0.4 is 4.72 Å². The second-order valence-electron chi connectivity index (χ2n) is 6.60. The molecule has 0 aliphatic carbocycles. The molecule has 0 bridgehead atoms. The fourth-order valence-corrected chi connectivity index (χ4v) is 4.14. The van der Waals surface area contributed by atoms with Gasteiger partial charge in [0.1, 0.15) is 0 Å². The molecule has 0 unspecified atom stereocenters. The van der Waals surface area contributed by atoms with Crippen LogP contribution in [0.3, 0.4) is 0 Å². The van der Waals surface area contributed by atoms with E-state index in [0.717, 1.165) is 17.8 Å². The Morgan fingerprint density at radius 3 is 2.45 bits per heavy atom. The number of hydrogen-bond donors (Lipinski definition) is 1. The first-order chi connectivity index (χ1) is 14.5. The first kappa shape index (κ1) is 22.0. The molecule has 0 aliphatic heterocycles. The molecule has 0 aliphatic rings. The van der Waals surface area contributed by atoms with E-state index < -0.39 is 32.6 Å². The third kappa shape index (κ3) is 4.29. The lowest BCUT2D eigenvalue weighted by Gasteiger charge is -2.14. The zero-order valence-electron chi connectivity index (χ0n) is 16.2. The van der Waals surface area contributed by atoms with Gasteiger partial charge < -0.3 is 0 Å². The van der Waals surface area contributed by atoms with Crippen LogP contribution in [-0.2, 0) is 16.2 Å². The van der Waals surface area contributed by atoms with E-state index in [1.165, 1.54) is 17.7 Å². The summed E-state index contributed by atoms with van der Waals surface area (Å²) >= 11 is 0. The maximum Gasteiger partial charge on any atom is 0.417 e. The second-order valence-corrected chi connectivity index (χ2v) is 8.25. The number of halogens is 3. The van der Waals surface area contributed by atoms with Gasteiger partial charge in [-0.1, -0.05) is 18.2 Å². The van der Waals surface area contributed by atoms with Crippen LogP contribution in [0.2, 0.25) is 0 Å². The molecule has 1 amide bonds. The molecule has 3 aromatic rings. The highest BCUT2D eigenvalue weighted by molar-refractivity contribution is 7.90. The fraction of sp³-hybridized carbons (Fsp3) is 0.150. The lowest BCUT2D eigenvalue weighted by atomic mass is 10.1. The molecule has 1 N–H and O–H groups in total. The number of aromatic nitrogens is 2. The van der Waals surface area contributed by atoms with E-state index >= 15 is 0 Å². The van der Waals surface area contributed by atoms with E-state index in [1.807, 2.05) is 19.1 Å². The summed E-state index contributed by atoms with van der Waals surface area (Å²) < 4.78 is 68.3. The van der Waals surface area contributed by atoms with Crippen molar-refractivity contribution in [1.29, 1.82) is 5.26 Å². The van der Waals surface area contributed by atoms with Crippen LogP contribution in [0.4, 0.5) is 13.2 Å². The van der Waals surface area contributed by atoms with Crippen molar-refractivity contribution in [1.82, 2.24) is 14.5 Å². The van der Waals surface area contributed by atoms with E-state index in [0.29, 0.717) is 23.5 Å². The molecule has 0 saturated heterocycles. The molecule has 0 saturated carbocycles. The van der Waals surface area contributed by atoms with Crippen LogP contribution in [0.25, 0.3) is 5.69 Å². The summed E-state index contributed by atoms with van der Waals surface area (Å²) in [5, 5.41) is 12.9. The summed E-state index contributed by atoms with van der Waals surface area (Å²) in [4.78, 5) is 11.4. The van der Waals surface area contributed by atoms with Crippen molar-refractivity contribution in [2.24, 2.45) is 0 Å². The largest absolute Gasteiger partial charge is 0.417 e. The highest BCUT2D eigenvalue weighted by Crippen LogP contribution is 2.35. The van der Waals surface area contributed by atoms with Gasteiger partial charge in [-0.05, 0) is 43.7 Å². The van der Waals surface area contributed by atoms with E-state index in [2.05, 4.69) is 5.10 Å². The van der Waals surface area contributed by atoms with Crippen LogP contribution in [0.5, 0.6) is 0 Å². The first-order valence-electron chi connectivity index (χ1n) is 8.75. The summed E-state index contributed by atoms with van der Waals surface area (Å²) in [6.45, 7) is 3.36. The molecule has 1 heterocycles. The van der Waals surface area contributed by atoms with E-state index in [1.54, 1.807) is 16.9 Å². The molecule has 7 nitrogen and oxygen atoms in total. The van der Waals surface area contributed by atoms with Crippen molar-refractivity contribution in [3.63, 3.8) is 0 Å². The van der Waals surface area contributed by atoms with Gasteiger partial charge >= 0.3 is 6.18 Å². The summed E-state index contributed by atoms with van der Waals surface area (Å²) in [7, 11) is -4.89. The molecular weight excluding hydrogens is 433 g/mol. The van der Waals surface area contributed by atoms with Gasteiger partial charge in [0.2, 0.25) is 0 Å². The quantitative estimate of drug-likeness (QED) is 0.658. The lowest BCUT2D eigenvalue weighted by Crippen LogP contribution is -2.32. The Labute approximate surface area is 175 Å². The Kier molecular flexibility index (Phi) is 5.61. The number of carbonyl (C=O) groups excluding carboxylic acids is 1. The minimum absolute atomic E-state index is 0.117. The topological polar surface area (TPSA) is 105 Å². The number of para-hydroxylation sites is 1. The van der Waals surface area contributed by atoms with E-state index in [4.69, 9.17) is 5.26 Å². The maximum atomic E-state index is 13.3. The molecule has 3 rings (SSSR count). The molecule has 0 spiro atoms. The number of carbonyl (C=O) groups is 1. The van der Waals surface area contributed by atoms with Crippen molar-refractivity contribution >= 4 is 15.9 Å². The number of rotatable bonds is 4. The van der Waals surface area contributed by atoms with Crippen LogP contribution >= 0.6 is 0 Å². The smallest absolute Gasteiger partial charge is 0.268 e. The third-order valence-electron chi connectivity index (χ3n) is 4.53. The average Bonchev–Trinajstić information content (AvgIpc) is 3.08. The monoisotopic (exact) mass is 448 g/mol. The van der Waals surface area contributed by atoms with Crippen molar-refractivity contribution in [3.05, 3.63) is 76.6 Å². The first-order valence-corrected chi connectivity index (χ1v) is 10.2. The van der Waals surface area contributed by atoms with Gasteiger partial charge in [-0.25, -0.2) is 17.8 Å². The van der Waals surface area contributed by atoms with Crippen molar-refractivity contribution in [2.45, 2.75) is 24.9 Å². The summed E-state index contributed by atoms with van der Waals surface area (Å²) in [6, 6.07) is 10.7. The van der Waals surface area contributed by atoms with Crippen molar-refractivity contribution in [2.75, 3.05) is 0 Å². The molecular formula is C20H15F3N4O3S. The number of alkyl halides is 3. The van der Waals surface area contributed by atoms with Crippen LogP contribution in [0.15, 0.2) is 53.6 Å². The normalized spacial score (nSPS) is 11.7. The van der Waals surface area contributed by atoms with Gasteiger partial charge in [-0.3, -0.25) is 4.79 Å².